The Morgan fingerprint density at radius 2 is 1.94 bits per heavy atom. The smallest absolute Gasteiger partial charge is 0.226 e. The van der Waals surface area contributed by atoms with Gasteiger partial charge < -0.3 is 4.90 Å². The van der Waals surface area contributed by atoms with Gasteiger partial charge in [0.15, 0.2) is 0 Å². The number of carbonyl (C=O) groups is 1. The van der Waals surface area contributed by atoms with E-state index in [9.17, 15) is 4.79 Å². The predicted octanol–water partition coefficient (Wildman–Crippen LogP) is 4.99. The fraction of sp³-hybridized carbons (Fsp3) is 0.481. The number of amides is 1. The highest BCUT2D eigenvalue weighted by molar-refractivity contribution is 5.79. The number of hydrogen-bond acceptors (Lipinski definition) is 3. The van der Waals surface area contributed by atoms with Crippen molar-refractivity contribution in [2.45, 2.75) is 52.1 Å². The molecule has 1 fully saturated rings. The highest BCUT2D eigenvalue weighted by atomic mass is 16.2. The quantitative estimate of drug-likeness (QED) is 0.596. The van der Waals surface area contributed by atoms with Gasteiger partial charge >= 0.3 is 0 Å². The van der Waals surface area contributed by atoms with Gasteiger partial charge in [-0.2, -0.15) is 0 Å². The van der Waals surface area contributed by atoms with Crippen LogP contribution >= 0.6 is 0 Å². The Balaban J connectivity index is 1.36. The molecule has 1 aromatic carbocycles. The molecule has 1 aliphatic heterocycles. The number of benzene rings is 1. The molecule has 4 rings (SSSR count). The molecular formula is C27H35N3O. The molecule has 31 heavy (non-hydrogen) atoms. The molecule has 0 N–H and O–H groups in total. The van der Waals surface area contributed by atoms with E-state index in [1.807, 2.05) is 12.3 Å². The van der Waals surface area contributed by atoms with Crippen LogP contribution in [0.2, 0.25) is 0 Å². The van der Waals surface area contributed by atoms with Gasteiger partial charge in [-0.3, -0.25) is 14.7 Å². The van der Waals surface area contributed by atoms with Crippen molar-refractivity contribution in [1.29, 1.82) is 0 Å². The first-order chi connectivity index (χ1) is 15.2. The number of nitrogens with zero attached hydrogens (tertiary/aromatic N) is 3. The molecule has 2 aromatic rings. The first-order valence-corrected chi connectivity index (χ1v) is 11.8. The second-order valence-corrected chi connectivity index (χ2v) is 9.21. The van der Waals surface area contributed by atoms with E-state index in [-0.39, 0.29) is 5.92 Å². The van der Waals surface area contributed by atoms with Crippen molar-refractivity contribution in [2.24, 2.45) is 11.8 Å². The zero-order chi connectivity index (χ0) is 21.5. The summed E-state index contributed by atoms with van der Waals surface area (Å²) in [6.45, 7) is 7.00. The van der Waals surface area contributed by atoms with Crippen LogP contribution in [-0.2, 0) is 17.9 Å². The van der Waals surface area contributed by atoms with E-state index >= 15 is 0 Å². The zero-order valence-corrected chi connectivity index (χ0v) is 18.7. The third kappa shape index (κ3) is 6.04. The Bertz CT molecular complexity index is 871. The minimum absolute atomic E-state index is 0.141. The van der Waals surface area contributed by atoms with Crippen LogP contribution in [-0.4, -0.2) is 40.3 Å². The van der Waals surface area contributed by atoms with Gasteiger partial charge in [-0.15, -0.1) is 0 Å². The molecule has 0 saturated carbocycles. The van der Waals surface area contributed by atoms with Gasteiger partial charge in [0.25, 0.3) is 0 Å². The minimum Gasteiger partial charge on any atom is -0.338 e. The van der Waals surface area contributed by atoms with E-state index in [2.05, 4.69) is 64.2 Å². The standard InChI is InChI=1S/C27H35N3O/c1-22-8-5-6-12-26(22)21-29-16-13-23(14-17-29)19-30(20-24-9-7-15-28-18-24)27(31)25-10-3-2-4-11-25/h2-3,5-9,12,15,18,23,25H,4,10-11,13-14,16-17,19-21H2,1H3/t25-/m1/s1. The molecule has 1 atom stereocenters. The summed E-state index contributed by atoms with van der Waals surface area (Å²) in [6.07, 6.45) is 13.3. The summed E-state index contributed by atoms with van der Waals surface area (Å²) in [5.41, 5.74) is 3.93. The van der Waals surface area contributed by atoms with E-state index in [1.54, 1.807) is 6.20 Å². The number of carbonyl (C=O) groups excluding carboxylic acids is 1. The van der Waals surface area contributed by atoms with E-state index in [0.717, 1.165) is 63.8 Å². The number of hydrogen-bond donors (Lipinski definition) is 0. The van der Waals surface area contributed by atoms with Crippen LogP contribution in [0, 0.1) is 18.8 Å². The number of aromatic nitrogens is 1. The van der Waals surface area contributed by atoms with Crippen molar-refractivity contribution in [2.75, 3.05) is 19.6 Å². The normalized spacial score (nSPS) is 20.0. The molecule has 4 heteroatoms. The maximum Gasteiger partial charge on any atom is 0.226 e. The highest BCUT2D eigenvalue weighted by Crippen LogP contribution is 2.25. The molecule has 0 unspecified atom stereocenters. The SMILES string of the molecule is Cc1ccccc1CN1CCC(CN(Cc2cccnc2)C(=O)[C@@H]2CC=CCC2)CC1. The molecule has 1 amide bonds. The Kier molecular flexibility index (Phi) is 7.52. The van der Waals surface area contributed by atoms with Crippen molar-refractivity contribution in [1.82, 2.24) is 14.8 Å². The number of pyridine rings is 1. The van der Waals surface area contributed by atoms with Gasteiger partial charge in [0, 0.05) is 37.9 Å². The molecule has 4 nitrogen and oxygen atoms in total. The summed E-state index contributed by atoms with van der Waals surface area (Å²) in [5.74, 6) is 1.05. The number of rotatable bonds is 7. The third-order valence-electron chi connectivity index (χ3n) is 6.87. The summed E-state index contributed by atoms with van der Waals surface area (Å²) in [7, 11) is 0. The lowest BCUT2D eigenvalue weighted by atomic mass is 9.91. The van der Waals surface area contributed by atoms with Crippen LogP contribution in [0.3, 0.4) is 0 Å². The van der Waals surface area contributed by atoms with Crippen LogP contribution < -0.4 is 0 Å². The van der Waals surface area contributed by atoms with Crippen LogP contribution in [0.15, 0.2) is 60.9 Å². The average molecular weight is 418 g/mol. The van der Waals surface area contributed by atoms with Crippen molar-refractivity contribution in [3.63, 3.8) is 0 Å². The van der Waals surface area contributed by atoms with Crippen molar-refractivity contribution < 1.29 is 4.79 Å². The van der Waals surface area contributed by atoms with Crippen molar-refractivity contribution in [3.05, 3.63) is 77.6 Å². The average Bonchev–Trinajstić information content (AvgIpc) is 2.82. The monoisotopic (exact) mass is 417 g/mol. The van der Waals surface area contributed by atoms with Crippen LogP contribution in [0.4, 0.5) is 0 Å². The second kappa shape index (κ2) is 10.7. The van der Waals surface area contributed by atoms with E-state index < -0.39 is 0 Å². The largest absolute Gasteiger partial charge is 0.338 e. The topological polar surface area (TPSA) is 36.4 Å². The van der Waals surface area contributed by atoms with Crippen LogP contribution in [0.5, 0.6) is 0 Å². The van der Waals surface area contributed by atoms with Gasteiger partial charge in [-0.05, 0) is 80.8 Å². The molecule has 1 aromatic heterocycles. The van der Waals surface area contributed by atoms with Crippen LogP contribution in [0.1, 0.15) is 48.8 Å². The van der Waals surface area contributed by atoms with Gasteiger partial charge in [0.2, 0.25) is 5.91 Å². The molecule has 0 bridgehead atoms. The molecule has 1 aliphatic carbocycles. The molecule has 0 spiro atoms. The molecule has 1 saturated heterocycles. The van der Waals surface area contributed by atoms with E-state index in [1.165, 1.54) is 11.1 Å². The summed E-state index contributed by atoms with van der Waals surface area (Å²) in [4.78, 5) is 22.3. The summed E-state index contributed by atoms with van der Waals surface area (Å²) >= 11 is 0. The maximum absolute atomic E-state index is 13.4. The molecule has 2 aliphatic rings. The molecule has 2 heterocycles. The Morgan fingerprint density at radius 3 is 2.65 bits per heavy atom. The number of piperidine rings is 1. The van der Waals surface area contributed by atoms with Gasteiger partial charge in [-0.25, -0.2) is 0 Å². The lowest BCUT2D eigenvalue weighted by Crippen LogP contribution is -2.42. The van der Waals surface area contributed by atoms with Crippen molar-refractivity contribution in [3.8, 4) is 0 Å². The predicted molar refractivity (Wildman–Crippen MR) is 125 cm³/mol. The summed E-state index contributed by atoms with van der Waals surface area (Å²) in [5, 5.41) is 0. The first-order valence-electron chi connectivity index (χ1n) is 11.8. The van der Waals surface area contributed by atoms with Crippen LogP contribution in [0.25, 0.3) is 0 Å². The Hall–Kier alpha value is -2.46. The zero-order valence-electron chi connectivity index (χ0n) is 18.7. The van der Waals surface area contributed by atoms with Crippen molar-refractivity contribution >= 4 is 5.91 Å². The number of aryl methyl sites for hydroxylation is 1. The third-order valence-corrected chi connectivity index (χ3v) is 6.87. The van der Waals surface area contributed by atoms with Gasteiger partial charge in [0.1, 0.15) is 0 Å². The lowest BCUT2D eigenvalue weighted by Gasteiger charge is -2.36. The van der Waals surface area contributed by atoms with Gasteiger partial charge in [-0.1, -0.05) is 42.5 Å². The fourth-order valence-electron chi connectivity index (χ4n) is 4.89. The summed E-state index contributed by atoms with van der Waals surface area (Å²) < 4.78 is 0. The van der Waals surface area contributed by atoms with E-state index in [4.69, 9.17) is 0 Å². The Morgan fingerprint density at radius 1 is 1.10 bits per heavy atom. The highest BCUT2D eigenvalue weighted by Gasteiger charge is 2.28. The maximum atomic E-state index is 13.4. The fourth-order valence-corrected chi connectivity index (χ4v) is 4.89. The molecule has 0 radical (unpaired) electrons. The number of allylic oxidation sites excluding steroid dienone is 2. The van der Waals surface area contributed by atoms with Gasteiger partial charge in [0.05, 0.1) is 0 Å². The number of likely N-dealkylation sites (tertiary alicyclic amines) is 1. The lowest BCUT2D eigenvalue weighted by molar-refractivity contribution is -0.137. The second-order valence-electron chi connectivity index (χ2n) is 9.21. The summed E-state index contributed by atoms with van der Waals surface area (Å²) in [6, 6.07) is 12.7. The molecule has 164 valence electrons. The Labute approximate surface area is 187 Å². The first kappa shape index (κ1) is 21.8. The minimum atomic E-state index is 0.141. The molecular weight excluding hydrogens is 382 g/mol. The van der Waals surface area contributed by atoms with E-state index in [0.29, 0.717) is 18.4 Å².